The van der Waals surface area contributed by atoms with Crippen LogP contribution in [0.3, 0.4) is 0 Å². The number of rotatable bonds is 6. The molecule has 6 nitrogen and oxygen atoms in total. The van der Waals surface area contributed by atoms with Crippen LogP contribution < -0.4 is 10.2 Å². The molecule has 3 aromatic carbocycles. The van der Waals surface area contributed by atoms with E-state index in [1.54, 1.807) is 4.68 Å². The number of carbonyl (C=O) groups excluding carboxylic acids is 1. The highest BCUT2D eigenvalue weighted by molar-refractivity contribution is 6.32. The van der Waals surface area contributed by atoms with Crippen molar-refractivity contribution >= 4 is 34.5 Å². The standard InChI is InChI=1S/C23H19ClN4O2/c1-16-20(23(24)28(27-16)18-10-3-2-4-11-18)14-25-26-22(29)15-30-21-13-7-9-17-8-5-6-12-19(17)21/h2-14H,15H2,1H3,(H,26,29). The van der Waals surface area contributed by atoms with Crippen molar-refractivity contribution in [1.82, 2.24) is 15.2 Å². The first-order valence-electron chi connectivity index (χ1n) is 9.36. The van der Waals surface area contributed by atoms with Crippen molar-refractivity contribution in [3.8, 4) is 11.4 Å². The number of carbonyl (C=O) groups is 1. The Kier molecular flexibility index (Phi) is 5.77. The van der Waals surface area contributed by atoms with E-state index in [-0.39, 0.29) is 12.5 Å². The van der Waals surface area contributed by atoms with Crippen LogP contribution in [0.2, 0.25) is 5.15 Å². The number of nitrogens with one attached hydrogen (secondary N) is 1. The Hall–Kier alpha value is -3.64. The summed E-state index contributed by atoms with van der Waals surface area (Å²) >= 11 is 6.45. The Morgan fingerprint density at radius 1 is 1.10 bits per heavy atom. The number of benzene rings is 3. The Balaban J connectivity index is 1.40. The van der Waals surface area contributed by atoms with Crippen LogP contribution in [0.25, 0.3) is 16.5 Å². The van der Waals surface area contributed by atoms with Gasteiger partial charge in [-0.05, 0) is 30.5 Å². The fourth-order valence-corrected chi connectivity index (χ4v) is 3.38. The van der Waals surface area contributed by atoms with Gasteiger partial charge in [0.25, 0.3) is 5.91 Å². The molecule has 0 saturated carbocycles. The lowest BCUT2D eigenvalue weighted by atomic mass is 10.1. The molecule has 0 aliphatic carbocycles. The molecule has 0 aliphatic rings. The maximum atomic E-state index is 12.1. The number of halogens is 1. The molecule has 150 valence electrons. The molecule has 1 aromatic heterocycles. The van der Waals surface area contributed by atoms with Crippen LogP contribution in [0.15, 0.2) is 77.9 Å². The molecule has 4 aromatic rings. The van der Waals surface area contributed by atoms with Crippen LogP contribution >= 0.6 is 11.6 Å². The van der Waals surface area contributed by atoms with E-state index in [1.807, 2.05) is 79.7 Å². The number of para-hydroxylation sites is 1. The Morgan fingerprint density at radius 3 is 2.67 bits per heavy atom. The van der Waals surface area contributed by atoms with Crippen molar-refractivity contribution in [3.63, 3.8) is 0 Å². The minimum absolute atomic E-state index is 0.151. The van der Waals surface area contributed by atoms with E-state index in [9.17, 15) is 4.79 Å². The van der Waals surface area contributed by atoms with Gasteiger partial charge in [0.15, 0.2) is 6.61 Å². The van der Waals surface area contributed by atoms with Crippen molar-refractivity contribution in [1.29, 1.82) is 0 Å². The third-order valence-corrected chi connectivity index (χ3v) is 4.90. The summed E-state index contributed by atoms with van der Waals surface area (Å²) in [5, 5.41) is 10.9. The second-order valence-corrected chi connectivity index (χ2v) is 6.95. The van der Waals surface area contributed by atoms with Crippen molar-refractivity contribution in [2.75, 3.05) is 6.61 Å². The van der Waals surface area contributed by atoms with Gasteiger partial charge in [0.2, 0.25) is 0 Å². The molecule has 0 saturated heterocycles. The summed E-state index contributed by atoms with van der Waals surface area (Å²) < 4.78 is 7.29. The van der Waals surface area contributed by atoms with Crippen molar-refractivity contribution in [3.05, 3.63) is 89.2 Å². The molecule has 0 fully saturated rings. The average Bonchev–Trinajstić information content (AvgIpc) is 3.06. The van der Waals surface area contributed by atoms with Crippen LogP contribution in [0.4, 0.5) is 0 Å². The first kappa shape index (κ1) is 19.7. The summed E-state index contributed by atoms with van der Waals surface area (Å²) in [5.74, 6) is 0.277. The van der Waals surface area contributed by atoms with E-state index in [0.717, 1.165) is 16.5 Å². The van der Waals surface area contributed by atoms with Crippen LogP contribution in [0.5, 0.6) is 5.75 Å². The number of hydrogen-bond donors (Lipinski definition) is 1. The number of ether oxygens (including phenoxy) is 1. The van der Waals surface area contributed by atoms with E-state index in [2.05, 4.69) is 15.6 Å². The molecule has 7 heteroatoms. The summed E-state index contributed by atoms with van der Waals surface area (Å²) in [6, 6.07) is 23.1. The van der Waals surface area contributed by atoms with Crippen molar-refractivity contribution < 1.29 is 9.53 Å². The van der Waals surface area contributed by atoms with Crippen LogP contribution in [0.1, 0.15) is 11.3 Å². The number of hydrazone groups is 1. The highest BCUT2D eigenvalue weighted by Crippen LogP contribution is 2.25. The van der Waals surface area contributed by atoms with E-state index in [1.165, 1.54) is 6.21 Å². The maximum Gasteiger partial charge on any atom is 0.277 e. The minimum Gasteiger partial charge on any atom is -0.483 e. The fraction of sp³-hybridized carbons (Fsp3) is 0.0870. The largest absolute Gasteiger partial charge is 0.483 e. The van der Waals surface area contributed by atoms with Gasteiger partial charge in [-0.2, -0.15) is 10.2 Å². The SMILES string of the molecule is Cc1nn(-c2ccccc2)c(Cl)c1C=NNC(=O)COc1cccc2ccccc12. The first-order valence-corrected chi connectivity index (χ1v) is 9.74. The number of hydrogen-bond acceptors (Lipinski definition) is 4. The quantitative estimate of drug-likeness (QED) is 0.370. The van der Waals surface area contributed by atoms with Crippen molar-refractivity contribution in [2.45, 2.75) is 6.92 Å². The summed E-state index contributed by atoms with van der Waals surface area (Å²) in [5.41, 5.74) is 4.65. The smallest absolute Gasteiger partial charge is 0.277 e. The number of amides is 1. The van der Waals surface area contributed by atoms with Gasteiger partial charge in [-0.15, -0.1) is 0 Å². The average molecular weight is 419 g/mol. The molecule has 4 rings (SSSR count). The highest BCUT2D eigenvalue weighted by Gasteiger charge is 2.13. The molecule has 1 N–H and O–H groups in total. The summed E-state index contributed by atoms with van der Waals surface area (Å²) in [4.78, 5) is 12.1. The molecule has 30 heavy (non-hydrogen) atoms. The third kappa shape index (κ3) is 4.18. The molecule has 0 radical (unpaired) electrons. The van der Waals surface area contributed by atoms with E-state index >= 15 is 0 Å². The topological polar surface area (TPSA) is 68.5 Å². The zero-order valence-corrected chi connectivity index (χ0v) is 17.0. The maximum absolute atomic E-state index is 12.1. The number of fused-ring (bicyclic) bond motifs is 1. The molecular formula is C23H19ClN4O2. The summed E-state index contributed by atoms with van der Waals surface area (Å²) in [6.07, 6.45) is 1.49. The monoisotopic (exact) mass is 418 g/mol. The Labute approximate surface area is 178 Å². The second kappa shape index (κ2) is 8.80. The van der Waals surface area contributed by atoms with E-state index in [0.29, 0.717) is 22.2 Å². The van der Waals surface area contributed by atoms with Gasteiger partial charge in [-0.1, -0.05) is 66.2 Å². The predicted octanol–water partition coefficient (Wildman–Crippen LogP) is 4.52. The lowest BCUT2D eigenvalue weighted by Gasteiger charge is -2.08. The molecule has 0 spiro atoms. The first-order chi connectivity index (χ1) is 14.6. The zero-order valence-electron chi connectivity index (χ0n) is 16.2. The molecule has 0 atom stereocenters. The molecule has 1 heterocycles. The lowest BCUT2D eigenvalue weighted by Crippen LogP contribution is -2.24. The Morgan fingerprint density at radius 2 is 1.83 bits per heavy atom. The summed E-state index contributed by atoms with van der Waals surface area (Å²) in [7, 11) is 0. The molecule has 0 bridgehead atoms. The normalized spacial score (nSPS) is 11.1. The van der Waals surface area contributed by atoms with Gasteiger partial charge in [0.1, 0.15) is 10.9 Å². The highest BCUT2D eigenvalue weighted by atomic mass is 35.5. The van der Waals surface area contributed by atoms with Gasteiger partial charge in [0.05, 0.1) is 23.2 Å². The molecular weight excluding hydrogens is 400 g/mol. The molecule has 0 aliphatic heterocycles. The number of aromatic nitrogens is 2. The zero-order chi connectivity index (χ0) is 20.9. The van der Waals surface area contributed by atoms with E-state index in [4.69, 9.17) is 16.3 Å². The second-order valence-electron chi connectivity index (χ2n) is 6.60. The van der Waals surface area contributed by atoms with Gasteiger partial charge < -0.3 is 4.74 Å². The van der Waals surface area contributed by atoms with Gasteiger partial charge in [-0.3, -0.25) is 4.79 Å². The number of nitrogens with zero attached hydrogens (tertiary/aromatic N) is 3. The van der Waals surface area contributed by atoms with Crippen LogP contribution in [0, 0.1) is 6.92 Å². The van der Waals surface area contributed by atoms with Crippen LogP contribution in [-0.4, -0.2) is 28.5 Å². The van der Waals surface area contributed by atoms with Gasteiger partial charge >= 0.3 is 0 Å². The molecule has 1 amide bonds. The molecule has 0 unspecified atom stereocenters. The number of aryl methyl sites for hydroxylation is 1. The van der Waals surface area contributed by atoms with E-state index < -0.39 is 0 Å². The van der Waals surface area contributed by atoms with Gasteiger partial charge in [0, 0.05) is 5.39 Å². The third-order valence-electron chi connectivity index (χ3n) is 4.54. The predicted molar refractivity (Wildman–Crippen MR) is 118 cm³/mol. The fourth-order valence-electron chi connectivity index (χ4n) is 3.06. The minimum atomic E-state index is -0.372. The van der Waals surface area contributed by atoms with Gasteiger partial charge in [-0.25, -0.2) is 10.1 Å². The van der Waals surface area contributed by atoms with Crippen LogP contribution in [-0.2, 0) is 4.79 Å². The van der Waals surface area contributed by atoms with Crippen molar-refractivity contribution in [2.24, 2.45) is 5.10 Å². The summed E-state index contributed by atoms with van der Waals surface area (Å²) in [6.45, 7) is 1.68. The Bertz CT molecular complexity index is 1210. The lowest BCUT2D eigenvalue weighted by molar-refractivity contribution is -0.123.